The van der Waals surface area contributed by atoms with Gasteiger partial charge in [-0.15, -0.1) is 0 Å². The van der Waals surface area contributed by atoms with E-state index < -0.39 is 5.91 Å². The summed E-state index contributed by atoms with van der Waals surface area (Å²) in [4.78, 5) is 10.7. The molecule has 108 valence electrons. The molecule has 2 N–H and O–H groups in total. The van der Waals surface area contributed by atoms with Gasteiger partial charge in [-0.1, -0.05) is 29.8 Å². The highest BCUT2D eigenvalue weighted by Crippen LogP contribution is 2.26. The second kappa shape index (κ2) is 6.90. The van der Waals surface area contributed by atoms with Gasteiger partial charge in [-0.3, -0.25) is 4.79 Å². The summed E-state index contributed by atoms with van der Waals surface area (Å²) in [5.41, 5.74) is 6.46. The van der Waals surface area contributed by atoms with Crippen LogP contribution >= 0.6 is 11.6 Å². The number of primary amides is 1. The van der Waals surface area contributed by atoms with Crippen LogP contribution in [0.2, 0.25) is 5.02 Å². The molecule has 3 nitrogen and oxygen atoms in total. The molecule has 0 atom stereocenters. The Kier molecular flexibility index (Phi) is 4.95. The lowest BCUT2D eigenvalue weighted by Gasteiger charge is -2.08. The molecule has 21 heavy (non-hydrogen) atoms. The van der Waals surface area contributed by atoms with Gasteiger partial charge in [-0.25, -0.2) is 4.39 Å². The Hall–Kier alpha value is -2.33. The largest absolute Gasteiger partial charge is 0.487 e. The van der Waals surface area contributed by atoms with Crippen LogP contribution in [0.25, 0.3) is 6.08 Å². The summed E-state index contributed by atoms with van der Waals surface area (Å²) in [6.45, 7) is 0.216. The first kappa shape index (κ1) is 15.1. The summed E-state index contributed by atoms with van der Waals surface area (Å²) in [6.07, 6.45) is 2.81. The first-order valence-corrected chi connectivity index (χ1v) is 6.57. The second-order valence-corrected chi connectivity index (χ2v) is 4.75. The number of hydrogen-bond acceptors (Lipinski definition) is 2. The maximum absolute atomic E-state index is 13.0. The smallest absolute Gasteiger partial charge is 0.241 e. The molecule has 2 aromatic rings. The first-order valence-electron chi connectivity index (χ1n) is 6.19. The standard InChI is InChI=1S/C16H13ClFNO2/c17-14-9-11(5-7-16(19)20)4-6-15(14)21-10-12-2-1-3-13(18)8-12/h1-9H,10H2,(H2,19,20)/b7-5+. The van der Waals surface area contributed by atoms with Crippen LogP contribution in [-0.2, 0) is 11.4 Å². The summed E-state index contributed by atoms with van der Waals surface area (Å²) in [5, 5.41) is 0.401. The van der Waals surface area contributed by atoms with Crippen molar-refractivity contribution in [1.82, 2.24) is 0 Å². The number of hydrogen-bond donors (Lipinski definition) is 1. The number of ether oxygens (including phenoxy) is 1. The summed E-state index contributed by atoms with van der Waals surface area (Å²) in [6, 6.07) is 11.2. The van der Waals surface area contributed by atoms with Gasteiger partial charge in [0.1, 0.15) is 18.2 Å². The molecular weight excluding hydrogens is 293 g/mol. The van der Waals surface area contributed by atoms with Crippen molar-refractivity contribution in [2.24, 2.45) is 5.73 Å². The van der Waals surface area contributed by atoms with Gasteiger partial charge in [0.2, 0.25) is 5.91 Å². The molecule has 0 spiro atoms. The number of amides is 1. The van der Waals surface area contributed by atoms with E-state index in [1.54, 1.807) is 36.4 Å². The van der Waals surface area contributed by atoms with Crippen molar-refractivity contribution in [1.29, 1.82) is 0 Å². The van der Waals surface area contributed by atoms with Gasteiger partial charge in [-0.05, 0) is 41.5 Å². The number of nitrogens with two attached hydrogens (primary N) is 1. The normalized spacial score (nSPS) is 10.8. The molecule has 0 saturated carbocycles. The van der Waals surface area contributed by atoms with Crippen molar-refractivity contribution in [2.45, 2.75) is 6.61 Å². The Bertz CT molecular complexity index is 686. The topological polar surface area (TPSA) is 52.3 Å². The quantitative estimate of drug-likeness (QED) is 0.859. The van der Waals surface area contributed by atoms with Gasteiger partial charge in [-0.2, -0.15) is 0 Å². The summed E-state index contributed by atoms with van der Waals surface area (Å²) in [7, 11) is 0. The van der Waals surface area contributed by atoms with Gasteiger partial charge >= 0.3 is 0 Å². The number of carbonyl (C=O) groups excluding carboxylic acids is 1. The minimum Gasteiger partial charge on any atom is -0.487 e. The maximum Gasteiger partial charge on any atom is 0.241 e. The van der Waals surface area contributed by atoms with Crippen molar-refractivity contribution >= 4 is 23.6 Å². The van der Waals surface area contributed by atoms with Crippen LogP contribution in [0.15, 0.2) is 48.5 Å². The predicted octanol–water partition coefficient (Wildman–Crippen LogP) is 3.56. The van der Waals surface area contributed by atoms with Crippen LogP contribution in [0, 0.1) is 5.82 Å². The number of rotatable bonds is 5. The molecule has 0 saturated heterocycles. The third-order valence-electron chi connectivity index (χ3n) is 2.68. The highest BCUT2D eigenvalue weighted by Gasteiger charge is 2.03. The van der Waals surface area contributed by atoms with Gasteiger partial charge in [0.15, 0.2) is 0 Å². The molecular formula is C16H13ClFNO2. The molecule has 0 radical (unpaired) electrons. The molecule has 0 aliphatic heterocycles. The van der Waals surface area contributed by atoms with Gasteiger partial charge in [0, 0.05) is 6.08 Å². The SMILES string of the molecule is NC(=O)/C=C/c1ccc(OCc2cccc(F)c2)c(Cl)c1. The lowest BCUT2D eigenvalue weighted by atomic mass is 10.2. The monoisotopic (exact) mass is 305 g/mol. The van der Waals surface area contributed by atoms with E-state index in [0.717, 1.165) is 5.56 Å². The zero-order chi connectivity index (χ0) is 15.2. The van der Waals surface area contributed by atoms with E-state index in [4.69, 9.17) is 22.1 Å². The molecule has 2 rings (SSSR count). The zero-order valence-electron chi connectivity index (χ0n) is 11.1. The van der Waals surface area contributed by atoms with Gasteiger partial charge in [0.25, 0.3) is 0 Å². The van der Waals surface area contributed by atoms with E-state index in [9.17, 15) is 9.18 Å². The van der Waals surface area contributed by atoms with Crippen molar-refractivity contribution in [3.05, 3.63) is 70.5 Å². The van der Waals surface area contributed by atoms with Crippen LogP contribution in [0.5, 0.6) is 5.75 Å². The van der Waals surface area contributed by atoms with Crippen LogP contribution in [0.3, 0.4) is 0 Å². The molecule has 0 aliphatic carbocycles. The summed E-state index contributed by atoms with van der Waals surface area (Å²) < 4.78 is 18.6. The van der Waals surface area contributed by atoms with Gasteiger partial charge < -0.3 is 10.5 Å². The minimum atomic E-state index is -0.530. The van der Waals surface area contributed by atoms with Crippen molar-refractivity contribution in [3.8, 4) is 5.75 Å². The Balaban J connectivity index is 2.06. The summed E-state index contributed by atoms with van der Waals surface area (Å²) >= 11 is 6.09. The van der Waals surface area contributed by atoms with E-state index >= 15 is 0 Å². The third-order valence-corrected chi connectivity index (χ3v) is 2.97. The number of carbonyl (C=O) groups is 1. The lowest BCUT2D eigenvalue weighted by molar-refractivity contribution is -0.113. The Morgan fingerprint density at radius 2 is 2.10 bits per heavy atom. The molecule has 0 unspecified atom stereocenters. The summed E-state index contributed by atoms with van der Waals surface area (Å²) in [5.74, 6) is -0.358. The molecule has 0 heterocycles. The van der Waals surface area contributed by atoms with Crippen LogP contribution in [0.1, 0.15) is 11.1 Å². The molecule has 0 fully saturated rings. The Labute approximate surface area is 126 Å². The first-order chi connectivity index (χ1) is 10.0. The molecule has 1 amide bonds. The zero-order valence-corrected chi connectivity index (χ0v) is 11.8. The Morgan fingerprint density at radius 3 is 2.76 bits per heavy atom. The maximum atomic E-state index is 13.0. The fourth-order valence-electron chi connectivity index (χ4n) is 1.70. The average Bonchev–Trinajstić information content (AvgIpc) is 2.44. The predicted molar refractivity (Wildman–Crippen MR) is 80.4 cm³/mol. The highest BCUT2D eigenvalue weighted by molar-refractivity contribution is 6.32. The number of benzene rings is 2. The molecule has 0 bridgehead atoms. The van der Waals surface area contributed by atoms with E-state index in [1.807, 2.05) is 0 Å². The molecule has 5 heteroatoms. The lowest BCUT2D eigenvalue weighted by Crippen LogP contribution is -2.05. The third kappa shape index (κ3) is 4.61. The van der Waals surface area contributed by atoms with E-state index in [2.05, 4.69) is 0 Å². The van der Waals surface area contributed by atoms with E-state index in [0.29, 0.717) is 16.3 Å². The number of halogens is 2. The van der Waals surface area contributed by atoms with Crippen LogP contribution in [0.4, 0.5) is 4.39 Å². The Morgan fingerprint density at radius 1 is 1.29 bits per heavy atom. The average molecular weight is 306 g/mol. The van der Waals surface area contributed by atoms with Crippen LogP contribution < -0.4 is 10.5 Å². The van der Waals surface area contributed by atoms with Crippen molar-refractivity contribution in [3.63, 3.8) is 0 Å². The molecule has 0 aliphatic rings. The molecule has 2 aromatic carbocycles. The van der Waals surface area contributed by atoms with Crippen LogP contribution in [-0.4, -0.2) is 5.91 Å². The van der Waals surface area contributed by atoms with E-state index in [-0.39, 0.29) is 12.4 Å². The van der Waals surface area contributed by atoms with Crippen molar-refractivity contribution in [2.75, 3.05) is 0 Å². The highest BCUT2D eigenvalue weighted by atomic mass is 35.5. The fraction of sp³-hybridized carbons (Fsp3) is 0.0625. The van der Waals surface area contributed by atoms with E-state index in [1.165, 1.54) is 18.2 Å². The van der Waals surface area contributed by atoms with Gasteiger partial charge in [0.05, 0.1) is 5.02 Å². The van der Waals surface area contributed by atoms with Crippen molar-refractivity contribution < 1.29 is 13.9 Å². The fourth-order valence-corrected chi connectivity index (χ4v) is 1.95. The second-order valence-electron chi connectivity index (χ2n) is 4.34. The molecule has 0 aromatic heterocycles. The minimum absolute atomic E-state index is 0.216.